The minimum atomic E-state index is 0.303. The van der Waals surface area contributed by atoms with E-state index >= 15 is 0 Å². The number of allylic oxidation sites excluding steroid dienone is 2. The molecule has 4 rings (SSSR count). The number of nitrogens with zero attached hydrogens (tertiary/aromatic N) is 1. The van der Waals surface area contributed by atoms with Crippen LogP contribution in [0.5, 0.6) is 0 Å². The van der Waals surface area contributed by atoms with Gasteiger partial charge in [0.05, 0.1) is 5.71 Å². The lowest BCUT2D eigenvalue weighted by atomic mass is 9.64. The van der Waals surface area contributed by atoms with Gasteiger partial charge in [0.15, 0.2) is 0 Å². The summed E-state index contributed by atoms with van der Waals surface area (Å²) in [5, 5.41) is 13.0. The largest absolute Gasteiger partial charge is 0.411 e. The monoisotopic (exact) mass is 203 g/mol. The Morgan fingerprint density at radius 1 is 1.27 bits per heavy atom. The predicted molar refractivity (Wildman–Crippen MR) is 57.8 cm³/mol. The maximum Gasteiger partial charge on any atom is 0.0672 e. The summed E-state index contributed by atoms with van der Waals surface area (Å²) in [6.07, 6.45) is 11.3. The smallest absolute Gasteiger partial charge is 0.0672 e. The second kappa shape index (κ2) is 2.47. The molecule has 3 saturated carbocycles. The highest BCUT2D eigenvalue weighted by Crippen LogP contribution is 2.66. The molecule has 4 bridgehead atoms. The third kappa shape index (κ3) is 0.777. The van der Waals surface area contributed by atoms with E-state index in [1.165, 1.54) is 37.8 Å². The van der Waals surface area contributed by atoms with Crippen molar-refractivity contribution in [2.24, 2.45) is 34.2 Å². The summed E-state index contributed by atoms with van der Waals surface area (Å²) < 4.78 is 0. The van der Waals surface area contributed by atoms with Crippen molar-refractivity contribution in [1.82, 2.24) is 0 Å². The van der Waals surface area contributed by atoms with Crippen LogP contribution in [-0.4, -0.2) is 10.9 Å². The van der Waals surface area contributed by atoms with Crippen molar-refractivity contribution < 1.29 is 5.21 Å². The first-order chi connectivity index (χ1) is 7.34. The third-order valence-corrected chi connectivity index (χ3v) is 5.57. The molecule has 4 aliphatic carbocycles. The number of oxime groups is 1. The predicted octanol–water partition coefficient (Wildman–Crippen LogP) is 2.83. The first kappa shape index (κ1) is 8.37. The fourth-order valence-electron chi connectivity index (χ4n) is 5.12. The van der Waals surface area contributed by atoms with Crippen molar-refractivity contribution in [2.45, 2.75) is 32.1 Å². The van der Waals surface area contributed by atoms with Gasteiger partial charge in [0.2, 0.25) is 0 Å². The highest BCUT2D eigenvalue weighted by atomic mass is 16.4. The zero-order chi connectivity index (χ0) is 10.0. The number of hydrogen-bond acceptors (Lipinski definition) is 2. The van der Waals surface area contributed by atoms with Crippen LogP contribution in [0.15, 0.2) is 17.3 Å². The molecule has 1 N–H and O–H groups in total. The summed E-state index contributed by atoms with van der Waals surface area (Å²) in [7, 11) is 0. The molecule has 5 atom stereocenters. The number of hydrogen-bond donors (Lipinski definition) is 1. The van der Waals surface area contributed by atoms with Crippen molar-refractivity contribution in [3.8, 4) is 0 Å². The van der Waals surface area contributed by atoms with Gasteiger partial charge in [-0.2, -0.15) is 0 Å². The van der Waals surface area contributed by atoms with E-state index in [1.54, 1.807) is 0 Å². The SMILES string of the molecule is O/N=C1/[C@@H]2CCC(C2)C12CC1C=CC2C1. The topological polar surface area (TPSA) is 32.6 Å². The molecule has 0 radical (unpaired) electrons. The average Bonchev–Trinajstić information content (AvgIpc) is 2.95. The maximum absolute atomic E-state index is 9.31. The van der Waals surface area contributed by atoms with E-state index in [-0.39, 0.29) is 0 Å². The number of fused-ring (bicyclic) bond motifs is 6. The summed E-state index contributed by atoms with van der Waals surface area (Å²) in [5.41, 5.74) is 1.48. The van der Waals surface area contributed by atoms with Gasteiger partial charge in [-0.3, -0.25) is 0 Å². The van der Waals surface area contributed by atoms with E-state index in [0.29, 0.717) is 17.3 Å². The van der Waals surface area contributed by atoms with Gasteiger partial charge in [-0.1, -0.05) is 17.3 Å². The summed E-state index contributed by atoms with van der Waals surface area (Å²) >= 11 is 0. The Balaban J connectivity index is 1.85. The highest BCUT2D eigenvalue weighted by Gasteiger charge is 2.63. The second-order valence-electron chi connectivity index (χ2n) is 5.92. The van der Waals surface area contributed by atoms with Crippen molar-refractivity contribution in [1.29, 1.82) is 0 Å². The molecular weight excluding hydrogens is 186 g/mol. The quantitative estimate of drug-likeness (QED) is 0.366. The summed E-state index contributed by atoms with van der Waals surface area (Å²) in [6.45, 7) is 0. The Bertz CT molecular complexity index is 373. The Kier molecular flexibility index (Phi) is 1.38. The van der Waals surface area contributed by atoms with Crippen molar-refractivity contribution in [3.63, 3.8) is 0 Å². The Morgan fingerprint density at radius 2 is 2.20 bits per heavy atom. The van der Waals surface area contributed by atoms with Crippen LogP contribution in [0.2, 0.25) is 0 Å². The zero-order valence-corrected chi connectivity index (χ0v) is 8.89. The highest BCUT2D eigenvalue weighted by molar-refractivity contribution is 5.96. The lowest BCUT2D eigenvalue weighted by Gasteiger charge is -2.39. The molecule has 4 unspecified atom stereocenters. The van der Waals surface area contributed by atoms with Gasteiger partial charge >= 0.3 is 0 Å². The van der Waals surface area contributed by atoms with Crippen molar-refractivity contribution >= 4 is 5.71 Å². The van der Waals surface area contributed by atoms with E-state index in [4.69, 9.17) is 0 Å². The minimum absolute atomic E-state index is 0.303. The van der Waals surface area contributed by atoms with E-state index in [2.05, 4.69) is 17.3 Å². The molecule has 0 amide bonds. The third-order valence-electron chi connectivity index (χ3n) is 5.57. The lowest BCUT2D eigenvalue weighted by Crippen LogP contribution is -2.40. The molecule has 80 valence electrons. The molecule has 0 heterocycles. The molecule has 0 aliphatic heterocycles. The molecule has 4 aliphatic rings. The first-order valence-corrected chi connectivity index (χ1v) is 6.25. The van der Waals surface area contributed by atoms with E-state index in [1.807, 2.05) is 0 Å². The molecule has 3 fully saturated rings. The van der Waals surface area contributed by atoms with Gasteiger partial charge in [-0.25, -0.2) is 0 Å². The van der Waals surface area contributed by atoms with Crippen LogP contribution in [0, 0.1) is 29.1 Å². The molecule has 0 saturated heterocycles. The summed E-state index contributed by atoms with van der Waals surface area (Å²) in [5.74, 6) is 2.93. The van der Waals surface area contributed by atoms with Crippen LogP contribution >= 0.6 is 0 Å². The van der Waals surface area contributed by atoms with E-state index < -0.39 is 0 Å². The zero-order valence-electron chi connectivity index (χ0n) is 8.89. The van der Waals surface area contributed by atoms with Gasteiger partial charge in [0, 0.05) is 11.3 Å². The van der Waals surface area contributed by atoms with Gasteiger partial charge < -0.3 is 5.21 Å². The molecule has 0 aromatic rings. The van der Waals surface area contributed by atoms with Crippen molar-refractivity contribution in [2.75, 3.05) is 0 Å². The fourth-order valence-corrected chi connectivity index (χ4v) is 5.12. The van der Waals surface area contributed by atoms with Crippen LogP contribution in [0.1, 0.15) is 32.1 Å². The van der Waals surface area contributed by atoms with Crippen LogP contribution in [0.4, 0.5) is 0 Å². The Morgan fingerprint density at radius 3 is 2.87 bits per heavy atom. The van der Waals surface area contributed by atoms with Crippen LogP contribution in [0.3, 0.4) is 0 Å². The Labute approximate surface area is 90.0 Å². The first-order valence-electron chi connectivity index (χ1n) is 6.25. The Hall–Kier alpha value is -0.790. The normalized spacial score (nSPS) is 57.7. The second-order valence-corrected chi connectivity index (χ2v) is 5.92. The summed E-state index contributed by atoms with van der Waals surface area (Å²) in [4.78, 5) is 0. The van der Waals surface area contributed by atoms with E-state index in [0.717, 1.165) is 11.8 Å². The summed E-state index contributed by atoms with van der Waals surface area (Å²) in [6, 6.07) is 0. The molecule has 0 aromatic heterocycles. The molecule has 1 spiro atoms. The van der Waals surface area contributed by atoms with Crippen LogP contribution < -0.4 is 0 Å². The van der Waals surface area contributed by atoms with Gasteiger partial charge in [0.1, 0.15) is 0 Å². The van der Waals surface area contributed by atoms with Gasteiger partial charge in [0.25, 0.3) is 0 Å². The number of rotatable bonds is 0. The fraction of sp³-hybridized carbons (Fsp3) is 0.769. The molecule has 2 nitrogen and oxygen atoms in total. The average molecular weight is 203 g/mol. The van der Waals surface area contributed by atoms with Gasteiger partial charge in [-0.05, 0) is 49.9 Å². The van der Waals surface area contributed by atoms with Crippen LogP contribution in [-0.2, 0) is 0 Å². The van der Waals surface area contributed by atoms with Crippen LogP contribution in [0.25, 0.3) is 0 Å². The molecule has 2 heteroatoms. The van der Waals surface area contributed by atoms with Gasteiger partial charge in [-0.15, -0.1) is 0 Å². The maximum atomic E-state index is 9.31. The minimum Gasteiger partial charge on any atom is -0.411 e. The molecular formula is C13H17NO. The molecule has 15 heavy (non-hydrogen) atoms. The van der Waals surface area contributed by atoms with E-state index in [9.17, 15) is 5.21 Å². The standard InChI is InChI=1S/C13H17NO/c15-14-12-9-2-4-11(6-9)13(12)7-8-1-3-10(13)5-8/h1,3,8-11,15H,2,4-7H2/b14-12-/t8?,9-,10?,11?,13?/m1/s1. The lowest BCUT2D eigenvalue weighted by molar-refractivity contribution is 0.213. The van der Waals surface area contributed by atoms with Crippen molar-refractivity contribution in [3.05, 3.63) is 12.2 Å². The molecule has 0 aromatic carbocycles.